The summed E-state index contributed by atoms with van der Waals surface area (Å²) >= 11 is 0. The maximum Gasteiger partial charge on any atom is 0.320 e. The number of nitrogens with zero attached hydrogens (tertiary/aromatic N) is 1. The summed E-state index contributed by atoms with van der Waals surface area (Å²) in [5, 5.41) is 0. The average Bonchev–Trinajstić information content (AvgIpc) is 1.83. The fourth-order valence-electron chi connectivity index (χ4n) is 0.155. The van der Waals surface area contributed by atoms with Gasteiger partial charge in [0, 0.05) is 8.47 Å². The quantitative estimate of drug-likeness (QED) is 0.239. The summed E-state index contributed by atoms with van der Waals surface area (Å²) in [6.45, 7) is 1.98. The third kappa shape index (κ3) is 3.14. The molecular weight excluding hydrogens is 108 g/mol. The fraction of sp³-hybridized carbons (Fsp3) is 0.500. The molecule has 0 heterocycles. The first kappa shape index (κ1) is 6.94. The van der Waals surface area contributed by atoms with Crippen molar-refractivity contribution < 1.29 is 11.1 Å². The second-order valence-electron chi connectivity index (χ2n) is 1.13. The van der Waals surface area contributed by atoms with Crippen LogP contribution in [0.3, 0.4) is 0 Å². The molecule has 48 valence electrons. The van der Waals surface area contributed by atoms with Crippen molar-refractivity contribution in [3.05, 3.63) is 0 Å². The van der Waals surface area contributed by atoms with E-state index in [1.54, 1.807) is 14.0 Å². The Morgan fingerprint density at radius 2 is 2.62 bits per heavy atom. The van der Waals surface area contributed by atoms with Crippen molar-refractivity contribution in [1.29, 1.82) is 0 Å². The Morgan fingerprint density at radius 1 is 2.00 bits per heavy atom. The molecule has 0 aliphatic heterocycles. The fourth-order valence-corrected chi connectivity index (χ4v) is 0.155. The highest BCUT2D eigenvalue weighted by Crippen LogP contribution is 1.64. The number of nitrogens with one attached hydrogen (secondary N) is 1. The van der Waals surface area contributed by atoms with Gasteiger partial charge in [-0.25, -0.2) is 5.48 Å². The molecule has 0 aliphatic rings. The van der Waals surface area contributed by atoms with Crippen molar-refractivity contribution >= 4 is 12.3 Å². The normalized spacial score (nSPS) is 10.5. The Morgan fingerprint density at radius 3 is 3.00 bits per heavy atom. The first-order valence-corrected chi connectivity index (χ1v) is 2.10. The summed E-state index contributed by atoms with van der Waals surface area (Å²) in [6.07, 6.45) is 0. The number of rotatable bonds is 2. The molecule has 0 radical (unpaired) electrons. The van der Waals surface area contributed by atoms with Crippen LogP contribution >= 0.6 is 0 Å². The smallest absolute Gasteiger partial charge is 0.320 e. The van der Waals surface area contributed by atoms with Crippen LogP contribution < -0.4 is 5.48 Å². The number of amidine groups is 1. The summed E-state index contributed by atoms with van der Waals surface area (Å²) in [5.74, 6) is 0.567. The lowest BCUT2D eigenvalue weighted by atomic mass is 10.7. The van der Waals surface area contributed by atoms with Crippen LogP contribution in [0.25, 0.3) is 0 Å². The predicted molar refractivity (Wildman–Crippen MR) is 31.4 cm³/mol. The lowest BCUT2D eigenvalue weighted by Gasteiger charge is -1.96. The van der Waals surface area contributed by atoms with E-state index in [1.807, 2.05) is 0 Å². The number of hydrogen-bond donors (Lipinski definition) is 1. The zero-order valence-corrected chi connectivity index (χ0v) is 4.84. The van der Waals surface area contributed by atoms with E-state index in [9.17, 15) is 4.79 Å². The molecule has 0 aromatic rings. The van der Waals surface area contributed by atoms with E-state index in [-0.39, 0.29) is 1.43 Å². The summed E-state index contributed by atoms with van der Waals surface area (Å²) in [6, 6.07) is 0. The molecular formula is C4H10N2O2. The van der Waals surface area contributed by atoms with E-state index in [0.29, 0.717) is 12.3 Å². The van der Waals surface area contributed by atoms with Crippen molar-refractivity contribution in [1.82, 2.24) is 5.48 Å². The molecule has 0 spiro atoms. The van der Waals surface area contributed by atoms with Crippen molar-refractivity contribution in [2.75, 3.05) is 7.05 Å². The van der Waals surface area contributed by atoms with Crippen molar-refractivity contribution in [3.8, 4) is 0 Å². The number of hydrogen-bond acceptors (Lipinski definition) is 3. The molecule has 1 N–H and O–H groups in total. The zero-order chi connectivity index (χ0) is 6.41. The van der Waals surface area contributed by atoms with Gasteiger partial charge in [-0.2, -0.15) is 0 Å². The monoisotopic (exact) mass is 118 g/mol. The van der Waals surface area contributed by atoms with Crippen LogP contribution in [0.2, 0.25) is 0 Å². The Labute approximate surface area is 49.0 Å². The van der Waals surface area contributed by atoms with Gasteiger partial charge >= 0.3 is 6.47 Å². The molecule has 4 heteroatoms. The second kappa shape index (κ2) is 4.11. The molecule has 0 saturated carbocycles. The molecule has 8 heavy (non-hydrogen) atoms. The van der Waals surface area contributed by atoms with Crippen LogP contribution in [0.15, 0.2) is 4.99 Å². The Balaban J connectivity index is 0. The van der Waals surface area contributed by atoms with Gasteiger partial charge in [-0.15, -0.1) is 0 Å². The first-order valence-electron chi connectivity index (χ1n) is 2.10. The predicted octanol–water partition coefficient (Wildman–Crippen LogP) is -0.0418. The number of aliphatic imine (C=N–C) groups is 1. The van der Waals surface area contributed by atoms with Gasteiger partial charge in [0.2, 0.25) is 0 Å². The third-order valence-corrected chi connectivity index (χ3v) is 0.590. The number of carbonyl (C=O) groups is 1. The molecule has 4 nitrogen and oxygen atoms in total. The molecule has 0 saturated heterocycles. The maximum atomic E-state index is 9.49. The van der Waals surface area contributed by atoms with Crippen LogP contribution in [0.1, 0.15) is 8.35 Å². The van der Waals surface area contributed by atoms with Crippen LogP contribution in [0.4, 0.5) is 0 Å². The SMILES string of the molecule is CN=C(C)NOC=O.[HH]. The highest BCUT2D eigenvalue weighted by Gasteiger charge is 1.81. The molecule has 0 rings (SSSR count). The Hall–Kier alpha value is -1.06. The number of carbonyl (C=O) groups excluding carboxylic acids is 1. The van der Waals surface area contributed by atoms with E-state index < -0.39 is 0 Å². The van der Waals surface area contributed by atoms with Gasteiger partial charge in [-0.3, -0.25) is 9.79 Å². The van der Waals surface area contributed by atoms with E-state index in [1.165, 1.54) is 0 Å². The highest BCUT2D eigenvalue weighted by molar-refractivity contribution is 5.78. The van der Waals surface area contributed by atoms with Crippen LogP contribution in [0.5, 0.6) is 0 Å². The lowest BCUT2D eigenvalue weighted by molar-refractivity contribution is -0.132. The molecule has 0 unspecified atom stereocenters. The Kier molecular flexibility index (Phi) is 3.56. The van der Waals surface area contributed by atoms with Gasteiger partial charge < -0.3 is 4.84 Å². The third-order valence-electron chi connectivity index (χ3n) is 0.590. The molecule has 0 fully saturated rings. The van der Waals surface area contributed by atoms with Gasteiger partial charge in [0.1, 0.15) is 5.84 Å². The van der Waals surface area contributed by atoms with Crippen LogP contribution in [-0.2, 0) is 9.63 Å². The average molecular weight is 118 g/mol. The van der Waals surface area contributed by atoms with Gasteiger partial charge in [-0.05, 0) is 6.92 Å². The topological polar surface area (TPSA) is 50.7 Å². The molecule has 0 atom stereocenters. The maximum absolute atomic E-state index is 9.49. The van der Waals surface area contributed by atoms with Crippen molar-refractivity contribution in [3.63, 3.8) is 0 Å². The molecule has 0 amide bonds. The number of hydroxylamine groups is 1. The molecule has 0 aliphatic carbocycles. The lowest BCUT2D eigenvalue weighted by Crippen LogP contribution is -2.19. The van der Waals surface area contributed by atoms with Crippen molar-refractivity contribution in [2.45, 2.75) is 6.92 Å². The van der Waals surface area contributed by atoms with Crippen molar-refractivity contribution in [2.24, 2.45) is 4.99 Å². The van der Waals surface area contributed by atoms with E-state index in [0.717, 1.165) is 0 Å². The van der Waals surface area contributed by atoms with Gasteiger partial charge in [-0.1, -0.05) is 0 Å². The first-order chi connectivity index (χ1) is 3.81. The Bertz CT molecular complexity index is 105. The summed E-state index contributed by atoms with van der Waals surface area (Å²) < 4.78 is 0. The van der Waals surface area contributed by atoms with Gasteiger partial charge in [0.05, 0.1) is 0 Å². The highest BCUT2D eigenvalue weighted by atomic mass is 16.7. The standard InChI is InChI=1S/C4H8N2O2.H2/c1-4(5-2)6-8-3-7;/h3H,1-2H3,(H,5,6);1H. The zero-order valence-electron chi connectivity index (χ0n) is 4.84. The summed E-state index contributed by atoms with van der Waals surface area (Å²) in [4.78, 5) is 17.3. The summed E-state index contributed by atoms with van der Waals surface area (Å²) in [5.41, 5.74) is 2.26. The second-order valence-corrected chi connectivity index (χ2v) is 1.13. The molecule has 0 aromatic carbocycles. The summed E-state index contributed by atoms with van der Waals surface area (Å²) in [7, 11) is 1.59. The van der Waals surface area contributed by atoms with E-state index in [4.69, 9.17) is 0 Å². The van der Waals surface area contributed by atoms with Crippen LogP contribution in [0, 0.1) is 0 Å². The minimum absolute atomic E-state index is 0. The van der Waals surface area contributed by atoms with E-state index >= 15 is 0 Å². The van der Waals surface area contributed by atoms with E-state index in [2.05, 4.69) is 15.3 Å². The van der Waals surface area contributed by atoms with Gasteiger partial charge in [0.25, 0.3) is 0 Å². The van der Waals surface area contributed by atoms with Crippen LogP contribution in [-0.4, -0.2) is 19.4 Å². The largest absolute Gasteiger partial charge is 0.346 e. The molecule has 0 bridgehead atoms. The minimum atomic E-state index is 0. The molecule has 0 aromatic heterocycles. The van der Waals surface area contributed by atoms with Gasteiger partial charge in [0.15, 0.2) is 0 Å². The minimum Gasteiger partial charge on any atom is -0.346 e.